The molecule has 43 heavy (non-hydrogen) atoms. The number of benzene rings is 4. The van der Waals surface area contributed by atoms with Gasteiger partial charge in [-0.2, -0.15) is 0 Å². The third-order valence-electron chi connectivity index (χ3n) is 7.32. The second kappa shape index (κ2) is 11.8. The van der Waals surface area contributed by atoms with Crippen molar-refractivity contribution in [3.63, 3.8) is 0 Å². The molecule has 0 fully saturated rings. The lowest BCUT2D eigenvalue weighted by Gasteiger charge is -2.14. The number of ether oxygens (including phenoxy) is 1. The van der Waals surface area contributed by atoms with Gasteiger partial charge in [0, 0.05) is 36.2 Å². The lowest BCUT2D eigenvalue weighted by molar-refractivity contribution is 0.332. The molecule has 5 aromatic rings. The SMILES string of the molecule is [C-]#[N+]C(C#N)=C1C=C(C=Cc2ccc(N(C)C)cc2)OC(C=Cc2ccc3c(c2)c2ccccc2n3-c2ccccc2)=C1. The summed E-state index contributed by atoms with van der Waals surface area (Å²) in [4.78, 5) is 5.47. The molecule has 5 heteroatoms. The van der Waals surface area contributed by atoms with E-state index < -0.39 is 0 Å². The summed E-state index contributed by atoms with van der Waals surface area (Å²) in [6.07, 6.45) is 11.1. The minimum atomic E-state index is 0.0191. The first kappa shape index (κ1) is 27.1. The molecular weight excluding hydrogens is 528 g/mol. The van der Waals surface area contributed by atoms with E-state index in [2.05, 4.69) is 88.3 Å². The maximum absolute atomic E-state index is 9.55. The fourth-order valence-electron chi connectivity index (χ4n) is 5.19. The second-order valence-corrected chi connectivity index (χ2v) is 10.3. The number of nitrogens with zero attached hydrogens (tertiary/aromatic N) is 4. The van der Waals surface area contributed by atoms with Gasteiger partial charge in [0.05, 0.1) is 23.7 Å². The van der Waals surface area contributed by atoms with E-state index in [1.807, 2.05) is 67.6 Å². The summed E-state index contributed by atoms with van der Waals surface area (Å²) < 4.78 is 8.46. The van der Waals surface area contributed by atoms with Crippen LogP contribution in [-0.4, -0.2) is 18.7 Å². The highest BCUT2D eigenvalue weighted by Gasteiger charge is 2.14. The van der Waals surface area contributed by atoms with E-state index in [4.69, 9.17) is 11.3 Å². The fourth-order valence-corrected chi connectivity index (χ4v) is 5.19. The van der Waals surface area contributed by atoms with Gasteiger partial charge in [0.1, 0.15) is 11.5 Å². The Kier molecular flexibility index (Phi) is 7.47. The van der Waals surface area contributed by atoms with Gasteiger partial charge in [-0.1, -0.05) is 66.7 Å². The molecule has 1 aliphatic heterocycles. The molecule has 1 aromatic heterocycles. The molecule has 2 heterocycles. The number of allylic oxidation sites excluding steroid dienone is 6. The van der Waals surface area contributed by atoms with Crippen LogP contribution in [0.2, 0.25) is 0 Å². The first-order chi connectivity index (χ1) is 21.0. The van der Waals surface area contributed by atoms with Crippen molar-refractivity contribution in [3.8, 4) is 11.8 Å². The average molecular weight is 557 g/mol. The van der Waals surface area contributed by atoms with Crippen molar-refractivity contribution in [2.24, 2.45) is 0 Å². The van der Waals surface area contributed by atoms with Gasteiger partial charge in [-0.3, -0.25) is 0 Å². The summed E-state index contributed by atoms with van der Waals surface area (Å²) in [5.74, 6) is 1.09. The summed E-state index contributed by atoms with van der Waals surface area (Å²) in [5.41, 5.74) is 7.08. The Hall–Kier alpha value is -6.04. The number of hydrogen-bond acceptors (Lipinski definition) is 3. The average Bonchev–Trinajstić information content (AvgIpc) is 3.38. The number of nitriles is 1. The van der Waals surface area contributed by atoms with Gasteiger partial charge in [-0.05, 0) is 83.5 Å². The highest BCUT2D eigenvalue weighted by atomic mass is 16.5. The molecule has 5 nitrogen and oxygen atoms in total. The zero-order valence-electron chi connectivity index (χ0n) is 23.9. The van der Waals surface area contributed by atoms with Crippen molar-refractivity contribution in [2.45, 2.75) is 0 Å². The van der Waals surface area contributed by atoms with Gasteiger partial charge < -0.3 is 14.2 Å². The van der Waals surface area contributed by atoms with Crippen LogP contribution in [0.3, 0.4) is 0 Å². The fraction of sp³-hybridized carbons (Fsp3) is 0.0526. The van der Waals surface area contributed by atoms with Crippen LogP contribution in [0.25, 0.3) is 44.5 Å². The van der Waals surface area contributed by atoms with Crippen LogP contribution in [0.15, 0.2) is 144 Å². The monoisotopic (exact) mass is 556 g/mol. The Balaban J connectivity index is 1.33. The molecule has 4 aromatic carbocycles. The van der Waals surface area contributed by atoms with Crippen LogP contribution >= 0.6 is 0 Å². The third kappa shape index (κ3) is 5.61. The molecule has 0 radical (unpaired) electrons. The van der Waals surface area contributed by atoms with Crippen LogP contribution in [0.5, 0.6) is 0 Å². The van der Waals surface area contributed by atoms with Crippen molar-refractivity contribution >= 4 is 39.6 Å². The van der Waals surface area contributed by atoms with E-state index >= 15 is 0 Å². The van der Waals surface area contributed by atoms with Crippen LogP contribution in [0.4, 0.5) is 5.69 Å². The first-order valence-corrected chi connectivity index (χ1v) is 13.9. The Labute approximate surface area is 251 Å². The summed E-state index contributed by atoms with van der Waals surface area (Å²) in [7, 11) is 4.01. The maximum atomic E-state index is 9.55. The van der Waals surface area contributed by atoms with Gasteiger partial charge in [0.25, 0.3) is 5.70 Å². The van der Waals surface area contributed by atoms with Crippen molar-refractivity contribution in [1.29, 1.82) is 5.26 Å². The highest BCUT2D eigenvalue weighted by Crippen LogP contribution is 2.33. The Morgan fingerprint density at radius 1 is 0.767 bits per heavy atom. The number of fused-ring (bicyclic) bond motifs is 3. The molecule has 0 aliphatic carbocycles. The van der Waals surface area contributed by atoms with Gasteiger partial charge >= 0.3 is 0 Å². The standard InChI is InChI=1S/C38H28N4O/c1-40-36(26-39)29-24-32(20-15-27-13-18-30(19-14-27)41(2)3)43-33(25-29)21-16-28-17-22-38-35(23-28)34-11-7-8-12-37(34)42(38)31-9-5-4-6-10-31/h4-25H,2-3H3. The topological polar surface area (TPSA) is 45.6 Å². The first-order valence-electron chi connectivity index (χ1n) is 13.9. The smallest absolute Gasteiger partial charge is 0.269 e. The van der Waals surface area contributed by atoms with E-state index in [0.717, 1.165) is 38.9 Å². The molecule has 0 saturated heterocycles. The van der Waals surface area contributed by atoms with E-state index in [1.54, 1.807) is 12.2 Å². The zero-order valence-corrected chi connectivity index (χ0v) is 23.9. The highest BCUT2D eigenvalue weighted by molar-refractivity contribution is 6.09. The van der Waals surface area contributed by atoms with Crippen LogP contribution in [0, 0.1) is 17.9 Å². The van der Waals surface area contributed by atoms with Crippen molar-refractivity contribution in [1.82, 2.24) is 4.57 Å². The Morgan fingerprint density at radius 2 is 1.40 bits per heavy atom. The molecule has 0 saturated carbocycles. The molecule has 1 aliphatic rings. The quantitative estimate of drug-likeness (QED) is 0.155. The van der Waals surface area contributed by atoms with Crippen LogP contribution in [0.1, 0.15) is 11.1 Å². The van der Waals surface area contributed by atoms with Gasteiger partial charge in [-0.15, -0.1) is 0 Å². The molecule has 0 N–H and O–H groups in total. The zero-order chi connectivity index (χ0) is 29.8. The van der Waals surface area contributed by atoms with Gasteiger partial charge in [0.2, 0.25) is 0 Å². The molecule has 0 spiro atoms. The van der Waals surface area contributed by atoms with Gasteiger partial charge in [0.15, 0.2) is 0 Å². The third-order valence-corrected chi connectivity index (χ3v) is 7.32. The van der Waals surface area contributed by atoms with E-state index in [9.17, 15) is 5.26 Å². The molecule has 206 valence electrons. The number of hydrogen-bond donors (Lipinski definition) is 0. The van der Waals surface area contributed by atoms with Crippen molar-refractivity contribution in [3.05, 3.63) is 167 Å². The maximum Gasteiger partial charge on any atom is 0.269 e. The number of rotatable bonds is 6. The number of para-hydroxylation sites is 2. The Morgan fingerprint density at radius 3 is 2.07 bits per heavy atom. The van der Waals surface area contributed by atoms with Crippen molar-refractivity contribution < 1.29 is 4.74 Å². The lowest BCUT2D eigenvalue weighted by Crippen LogP contribution is -2.07. The van der Waals surface area contributed by atoms with Crippen LogP contribution < -0.4 is 4.90 Å². The Bertz CT molecular complexity index is 2060. The predicted octanol–water partition coefficient (Wildman–Crippen LogP) is 9.07. The number of anilines is 1. The molecule has 0 atom stereocenters. The molecule has 6 rings (SSSR count). The van der Waals surface area contributed by atoms with E-state index in [-0.39, 0.29) is 5.70 Å². The predicted molar refractivity (Wildman–Crippen MR) is 176 cm³/mol. The summed E-state index contributed by atoms with van der Waals surface area (Å²) in [6.45, 7) is 7.47. The normalized spacial score (nSPS) is 14.3. The largest absolute Gasteiger partial charge is 0.457 e. The van der Waals surface area contributed by atoms with Gasteiger partial charge in [-0.25, -0.2) is 10.1 Å². The van der Waals surface area contributed by atoms with Crippen LogP contribution in [-0.2, 0) is 4.74 Å². The minimum absolute atomic E-state index is 0.0191. The van der Waals surface area contributed by atoms with E-state index in [1.165, 1.54) is 5.39 Å². The molecule has 0 amide bonds. The second-order valence-electron chi connectivity index (χ2n) is 10.3. The van der Waals surface area contributed by atoms with E-state index in [0.29, 0.717) is 17.1 Å². The summed E-state index contributed by atoms with van der Waals surface area (Å²) in [6, 6.07) is 35.4. The lowest BCUT2D eigenvalue weighted by atomic mass is 10.1. The molecule has 0 unspecified atom stereocenters. The summed E-state index contributed by atoms with van der Waals surface area (Å²) in [5, 5.41) is 11.9. The minimum Gasteiger partial charge on any atom is -0.457 e. The molecule has 0 bridgehead atoms. The number of aromatic nitrogens is 1. The summed E-state index contributed by atoms with van der Waals surface area (Å²) >= 11 is 0. The molecular formula is C38H28N4O. The van der Waals surface area contributed by atoms with Crippen molar-refractivity contribution in [2.75, 3.05) is 19.0 Å².